The minimum absolute atomic E-state index is 0.151. The van der Waals surface area contributed by atoms with Crippen LogP contribution in [0.15, 0.2) is 33.5 Å². The van der Waals surface area contributed by atoms with Crippen molar-refractivity contribution in [2.75, 3.05) is 26.6 Å². The summed E-state index contributed by atoms with van der Waals surface area (Å²) in [6.45, 7) is 5.85. The van der Waals surface area contributed by atoms with Crippen molar-refractivity contribution in [1.82, 2.24) is 0 Å². The predicted molar refractivity (Wildman–Crippen MR) is 129 cm³/mol. The largest absolute Gasteiger partial charge is 0.496 e. The second-order valence-corrected chi connectivity index (χ2v) is 8.91. The molecule has 34 heavy (non-hydrogen) atoms. The van der Waals surface area contributed by atoms with E-state index >= 15 is 0 Å². The van der Waals surface area contributed by atoms with Crippen molar-refractivity contribution in [3.63, 3.8) is 0 Å². The van der Waals surface area contributed by atoms with Crippen LogP contribution in [0.25, 0.3) is 11.0 Å². The first-order chi connectivity index (χ1) is 16.2. The maximum Gasteiger partial charge on any atom is 0.340 e. The molecule has 0 aliphatic carbocycles. The molecule has 0 saturated heterocycles. The molecular formula is C26H29NO7. The smallest absolute Gasteiger partial charge is 0.340 e. The van der Waals surface area contributed by atoms with Gasteiger partial charge < -0.3 is 28.7 Å². The third-order valence-corrected chi connectivity index (χ3v) is 6.16. The Morgan fingerprint density at radius 2 is 1.76 bits per heavy atom. The number of nitrogens with one attached hydrogen (secondary N) is 1. The van der Waals surface area contributed by atoms with Crippen LogP contribution in [-0.4, -0.2) is 32.8 Å². The van der Waals surface area contributed by atoms with Gasteiger partial charge in [-0.1, -0.05) is 0 Å². The van der Waals surface area contributed by atoms with Gasteiger partial charge in [-0.25, -0.2) is 4.79 Å². The predicted octanol–water partition coefficient (Wildman–Crippen LogP) is 4.41. The molecule has 180 valence electrons. The lowest BCUT2D eigenvalue weighted by Crippen LogP contribution is -2.32. The van der Waals surface area contributed by atoms with Crippen molar-refractivity contribution in [2.24, 2.45) is 0 Å². The minimum atomic E-state index is -0.548. The van der Waals surface area contributed by atoms with Crippen LogP contribution in [-0.2, 0) is 17.6 Å². The average molecular weight is 468 g/mol. The highest BCUT2D eigenvalue weighted by atomic mass is 16.5. The molecule has 0 radical (unpaired) electrons. The standard InChI is InChI=1S/C26H29NO7/c1-14-17(12-22(28)27-15-7-8-18(30-4)20(11-15)31-5)25(29)33-24-16-9-10-26(2,3)34-19(16)13-21(32-6)23(14)24/h7-8,11,13H,9-10,12H2,1-6H3,(H,27,28). The number of hydrogen-bond donors (Lipinski definition) is 1. The van der Waals surface area contributed by atoms with Crippen molar-refractivity contribution in [3.05, 3.63) is 51.4 Å². The quantitative estimate of drug-likeness (QED) is 0.537. The zero-order chi connectivity index (χ0) is 24.6. The molecular weight excluding hydrogens is 438 g/mol. The van der Waals surface area contributed by atoms with Crippen LogP contribution in [0.1, 0.15) is 37.0 Å². The molecule has 2 aromatic carbocycles. The van der Waals surface area contributed by atoms with Gasteiger partial charge in [0.2, 0.25) is 5.91 Å². The van der Waals surface area contributed by atoms with Crippen molar-refractivity contribution in [2.45, 2.75) is 45.6 Å². The van der Waals surface area contributed by atoms with Crippen LogP contribution >= 0.6 is 0 Å². The number of anilines is 1. The van der Waals surface area contributed by atoms with Crippen LogP contribution < -0.4 is 29.9 Å². The second kappa shape index (κ2) is 8.93. The topological polar surface area (TPSA) is 96.2 Å². The highest BCUT2D eigenvalue weighted by Crippen LogP contribution is 2.43. The van der Waals surface area contributed by atoms with Crippen molar-refractivity contribution in [1.29, 1.82) is 0 Å². The lowest BCUT2D eigenvalue weighted by Gasteiger charge is -2.33. The van der Waals surface area contributed by atoms with E-state index in [0.29, 0.717) is 51.6 Å². The fraction of sp³-hybridized carbons (Fsp3) is 0.385. The molecule has 0 spiro atoms. The van der Waals surface area contributed by atoms with E-state index < -0.39 is 5.63 Å². The number of amides is 1. The molecule has 1 aliphatic heterocycles. The van der Waals surface area contributed by atoms with Gasteiger partial charge in [0.15, 0.2) is 11.5 Å². The van der Waals surface area contributed by atoms with Crippen LogP contribution in [0.4, 0.5) is 5.69 Å². The number of rotatable bonds is 6. The van der Waals surface area contributed by atoms with E-state index in [1.54, 1.807) is 32.2 Å². The third kappa shape index (κ3) is 4.27. The summed E-state index contributed by atoms with van der Waals surface area (Å²) >= 11 is 0. The van der Waals surface area contributed by atoms with Gasteiger partial charge in [-0.15, -0.1) is 0 Å². The Hall–Kier alpha value is -3.68. The van der Waals surface area contributed by atoms with Crippen LogP contribution in [0, 0.1) is 6.92 Å². The normalized spacial score (nSPS) is 14.2. The number of methoxy groups -OCH3 is 3. The summed E-state index contributed by atoms with van der Waals surface area (Å²) in [5, 5.41) is 3.48. The SMILES string of the molecule is COc1ccc(NC(=O)Cc2c(C)c3c(OC)cc4c(c3oc2=O)CCC(C)(C)O4)cc1OC. The summed E-state index contributed by atoms with van der Waals surface area (Å²) in [4.78, 5) is 25.8. The monoisotopic (exact) mass is 467 g/mol. The molecule has 0 atom stereocenters. The molecule has 0 bridgehead atoms. The Morgan fingerprint density at radius 3 is 2.44 bits per heavy atom. The Morgan fingerprint density at radius 1 is 1.06 bits per heavy atom. The first-order valence-electron chi connectivity index (χ1n) is 11.0. The summed E-state index contributed by atoms with van der Waals surface area (Å²) < 4.78 is 28.0. The second-order valence-electron chi connectivity index (χ2n) is 8.91. The van der Waals surface area contributed by atoms with Gasteiger partial charge in [-0.2, -0.15) is 0 Å². The lowest BCUT2D eigenvalue weighted by molar-refractivity contribution is -0.115. The summed E-state index contributed by atoms with van der Waals surface area (Å²) in [5.41, 5.74) is 1.89. The molecule has 4 rings (SSSR count). The molecule has 1 aliphatic rings. The minimum Gasteiger partial charge on any atom is -0.496 e. The van der Waals surface area contributed by atoms with Gasteiger partial charge in [0, 0.05) is 23.4 Å². The Labute approximate surface area is 197 Å². The first-order valence-corrected chi connectivity index (χ1v) is 11.0. The van der Waals surface area contributed by atoms with E-state index in [9.17, 15) is 9.59 Å². The van der Waals surface area contributed by atoms with Gasteiger partial charge in [0.1, 0.15) is 22.7 Å². The van der Waals surface area contributed by atoms with Gasteiger partial charge in [-0.05, 0) is 51.3 Å². The Balaban J connectivity index is 1.70. The van der Waals surface area contributed by atoms with E-state index in [2.05, 4.69) is 5.32 Å². The maximum atomic E-state index is 13.0. The van der Waals surface area contributed by atoms with E-state index in [4.69, 9.17) is 23.4 Å². The van der Waals surface area contributed by atoms with Crippen LogP contribution in [0.2, 0.25) is 0 Å². The molecule has 0 fully saturated rings. The highest BCUT2D eigenvalue weighted by molar-refractivity contribution is 5.96. The summed E-state index contributed by atoms with van der Waals surface area (Å²) in [6.07, 6.45) is 1.35. The van der Waals surface area contributed by atoms with Crippen LogP contribution in [0.5, 0.6) is 23.0 Å². The molecule has 1 N–H and O–H groups in total. The number of ether oxygens (including phenoxy) is 4. The number of carbonyl (C=O) groups excluding carboxylic acids is 1. The maximum absolute atomic E-state index is 13.0. The zero-order valence-corrected chi connectivity index (χ0v) is 20.3. The van der Waals surface area contributed by atoms with E-state index in [-0.39, 0.29) is 23.5 Å². The summed E-state index contributed by atoms with van der Waals surface area (Å²) in [6, 6.07) is 6.88. The molecule has 1 aromatic heterocycles. The van der Waals surface area contributed by atoms with Crippen molar-refractivity contribution in [3.8, 4) is 23.0 Å². The van der Waals surface area contributed by atoms with Crippen molar-refractivity contribution >= 4 is 22.6 Å². The fourth-order valence-corrected chi connectivity index (χ4v) is 4.33. The van der Waals surface area contributed by atoms with Gasteiger partial charge in [-0.3, -0.25) is 4.79 Å². The number of fused-ring (bicyclic) bond motifs is 3. The molecule has 0 saturated carbocycles. The highest BCUT2D eigenvalue weighted by Gasteiger charge is 2.31. The first kappa shape index (κ1) is 23.5. The van der Waals surface area contributed by atoms with E-state index in [1.807, 2.05) is 19.9 Å². The molecule has 8 nitrogen and oxygen atoms in total. The number of hydrogen-bond acceptors (Lipinski definition) is 7. The molecule has 3 aromatic rings. The van der Waals surface area contributed by atoms with Crippen LogP contribution in [0.3, 0.4) is 0 Å². The summed E-state index contributed by atoms with van der Waals surface area (Å²) in [7, 11) is 4.62. The molecule has 0 unspecified atom stereocenters. The number of carbonyl (C=O) groups is 1. The van der Waals surface area contributed by atoms with Gasteiger partial charge in [0.05, 0.1) is 38.7 Å². The third-order valence-electron chi connectivity index (χ3n) is 6.16. The average Bonchev–Trinajstić information content (AvgIpc) is 2.80. The number of benzene rings is 2. The zero-order valence-electron chi connectivity index (χ0n) is 20.3. The summed E-state index contributed by atoms with van der Waals surface area (Å²) in [5.74, 6) is 1.87. The van der Waals surface area contributed by atoms with Crippen molar-refractivity contribution < 1.29 is 28.2 Å². The van der Waals surface area contributed by atoms with Gasteiger partial charge in [0.25, 0.3) is 0 Å². The fourth-order valence-electron chi connectivity index (χ4n) is 4.33. The molecule has 1 amide bonds. The Kier molecular flexibility index (Phi) is 6.17. The lowest BCUT2D eigenvalue weighted by atomic mass is 9.91. The molecule has 8 heteroatoms. The van der Waals surface area contributed by atoms with Gasteiger partial charge >= 0.3 is 5.63 Å². The Bertz CT molecular complexity index is 1320. The molecule has 2 heterocycles. The van der Waals surface area contributed by atoms with E-state index in [1.165, 1.54) is 14.2 Å². The number of aryl methyl sites for hydroxylation is 2. The van der Waals surface area contributed by atoms with E-state index in [0.717, 1.165) is 12.0 Å².